The molecule has 0 radical (unpaired) electrons. The highest BCUT2D eigenvalue weighted by Crippen LogP contribution is 2.60. The third-order valence-corrected chi connectivity index (χ3v) is 10.2. The molecule has 6 nitrogen and oxygen atoms in total. The predicted molar refractivity (Wildman–Crippen MR) is 158 cm³/mol. The molecule has 2 heterocycles. The number of hydrogen-bond donors (Lipinski definition) is 1. The number of urea groups is 1. The Morgan fingerprint density at radius 1 is 0.875 bits per heavy atom. The predicted octanol–water partition coefficient (Wildman–Crippen LogP) is 6.99. The Kier molecular flexibility index (Phi) is 5.93. The Labute approximate surface area is 242 Å². The summed E-state index contributed by atoms with van der Waals surface area (Å²) in [6.45, 7) is 3.94. The van der Waals surface area contributed by atoms with E-state index in [1.807, 2.05) is 56.3 Å². The first-order valence-corrected chi connectivity index (χ1v) is 15.0. The standard InChI is InChI=1S/C33H32BrN3O3/c1-19-10-24(20(2)36(19)28-5-3-4-26(34)15-28)14-29-30(38)35-32(40)37(31(29)39)27-8-6-25(7-9-27)33-16-21-11-22(17-33)13-23(12-21)18-33/h3-10,14-15,21-23H,11-13,16-18H2,1-2H3,(H,35,38,40)/b29-14+. The van der Waals surface area contributed by atoms with Crippen LogP contribution in [0.1, 0.15) is 61.0 Å². The van der Waals surface area contributed by atoms with Crippen LogP contribution >= 0.6 is 15.9 Å². The van der Waals surface area contributed by atoms with E-state index in [9.17, 15) is 14.4 Å². The molecule has 1 N–H and O–H groups in total. The van der Waals surface area contributed by atoms with Crippen LogP contribution in [-0.2, 0) is 15.0 Å². The summed E-state index contributed by atoms with van der Waals surface area (Å²) in [5.41, 5.74) is 5.58. The molecule has 2 aromatic carbocycles. The Morgan fingerprint density at radius 3 is 2.15 bits per heavy atom. The summed E-state index contributed by atoms with van der Waals surface area (Å²) in [6.07, 6.45) is 9.50. The Bertz CT molecular complexity index is 1560. The zero-order valence-electron chi connectivity index (χ0n) is 22.7. The minimum absolute atomic E-state index is 0.0562. The molecule has 1 aromatic heterocycles. The summed E-state index contributed by atoms with van der Waals surface area (Å²) in [7, 11) is 0. The van der Waals surface area contributed by atoms with Gasteiger partial charge in [-0.2, -0.15) is 0 Å². The normalized spacial score (nSPS) is 28.5. The minimum Gasteiger partial charge on any atom is -0.318 e. The molecule has 8 rings (SSSR count). The molecule has 0 atom stereocenters. The van der Waals surface area contributed by atoms with Gasteiger partial charge in [-0.3, -0.25) is 14.9 Å². The second-order valence-corrected chi connectivity index (χ2v) is 13.3. The van der Waals surface area contributed by atoms with Crippen molar-refractivity contribution >= 4 is 45.5 Å². The van der Waals surface area contributed by atoms with Crippen LogP contribution in [0.5, 0.6) is 0 Å². The van der Waals surface area contributed by atoms with Crippen molar-refractivity contribution in [3.8, 4) is 5.69 Å². The number of benzene rings is 2. The van der Waals surface area contributed by atoms with E-state index in [4.69, 9.17) is 0 Å². The van der Waals surface area contributed by atoms with Crippen molar-refractivity contribution in [2.24, 2.45) is 17.8 Å². The first kappa shape index (κ1) is 25.5. The van der Waals surface area contributed by atoms with Gasteiger partial charge in [0.25, 0.3) is 11.8 Å². The highest BCUT2D eigenvalue weighted by atomic mass is 79.9. The Balaban J connectivity index is 1.19. The lowest BCUT2D eigenvalue weighted by Gasteiger charge is -2.57. The van der Waals surface area contributed by atoms with Crippen molar-refractivity contribution in [1.29, 1.82) is 0 Å². The van der Waals surface area contributed by atoms with Crippen molar-refractivity contribution < 1.29 is 14.4 Å². The molecule has 7 heteroatoms. The van der Waals surface area contributed by atoms with Gasteiger partial charge in [-0.05, 0) is 129 Å². The number of carbonyl (C=O) groups excluding carboxylic acids is 3. The maximum atomic E-state index is 13.6. The first-order valence-electron chi connectivity index (χ1n) is 14.2. The quantitative estimate of drug-likeness (QED) is 0.260. The average molecular weight is 599 g/mol. The van der Waals surface area contributed by atoms with Crippen LogP contribution in [0, 0.1) is 31.6 Å². The SMILES string of the molecule is Cc1cc(/C=C2\C(=O)NC(=O)N(c3ccc(C45CC6CC(CC(C6)C4)C5)cc3)C2=O)c(C)n1-c1cccc(Br)c1. The third-order valence-electron chi connectivity index (χ3n) is 9.71. The van der Waals surface area contributed by atoms with E-state index in [-0.39, 0.29) is 11.0 Å². The molecule has 3 aromatic rings. The van der Waals surface area contributed by atoms with Crippen LogP contribution in [0.25, 0.3) is 11.8 Å². The van der Waals surface area contributed by atoms with E-state index in [1.54, 1.807) is 6.08 Å². The van der Waals surface area contributed by atoms with Gasteiger partial charge in [-0.25, -0.2) is 9.69 Å². The highest BCUT2D eigenvalue weighted by molar-refractivity contribution is 9.10. The summed E-state index contributed by atoms with van der Waals surface area (Å²) in [5, 5.41) is 2.38. The van der Waals surface area contributed by atoms with Gasteiger partial charge in [0.15, 0.2) is 0 Å². The number of rotatable bonds is 4. The first-order chi connectivity index (χ1) is 19.2. The summed E-state index contributed by atoms with van der Waals surface area (Å²) in [6, 6.07) is 17.1. The zero-order valence-corrected chi connectivity index (χ0v) is 24.3. The summed E-state index contributed by atoms with van der Waals surface area (Å²) < 4.78 is 3.04. The molecular weight excluding hydrogens is 566 g/mol. The fourth-order valence-corrected chi connectivity index (χ4v) is 8.81. The Hall–Kier alpha value is -3.45. The lowest BCUT2D eigenvalue weighted by Crippen LogP contribution is -2.54. The molecule has 0 unspecified atom stereocenters. The van der Waals surface area contributed by atoms with Crippen LogP contribution in [-0.4, -0.2) is 22.4 Å². The number of aryl methyl sites for hydroxylation is 1. The van der Waals surface area contributed by atoms with E-state index < -0.39 is 17.8 Å². The zero-order chi connectivity index (χ0) is 27.8. The van der Waals surface area contributed by atoms with Crippen LogP contribution in [0.2, 0.25) is 0 Å². The summed E-state index contributed by atoms with van der Waals surface area (Å²) >= 11 is 3.53. The van der Waals surface area contributed by atoms with Gasteiger partial charge in [0, 0.05) is 21.5 Å². The molecule has 4 aliphatic carbocycles. The van der Waals surface area contributed by atoms with Crippen molar-refractivity contribution in [2.75, 3.05) is 4.90 Å². The molecule has 5 fully saturated rings. The van der Waals surface area contributed by atoms with Gasteiger partial charge in [0.1, 0.15) is 5.57 Å². The van der Waals surface area contributed by atoms with Crippen molar-refractivity contribution in [2.45, 2.75) is 57.8 Å². The molecule has 4 bridgehead atoms. The Morgan fingerprint density at radius 2 is 1.52 bits per heavy atom. The minimum atomic E-state index is -0.714. The van der Waals surface area contributed by atoms with Crippen LogP contribution < -0.4 is 10.2 Å². The monoisotopic (exact) mass is 597 g/mol. The van der Waals surface area contributed by atoms with Crippen LogP contribution in [0.15, 0.2) is 64.6 Å². The van der Waals surface area contributed by atoms with Crippen LogP contribution in [0.4, 0.5) is 10.5 Å². The smallest absolute Gasteiger partial charge is 0.318 e. The molecule has 1 saturated heterocycles. The topological polar surface area (TPSA) is 71.4 Å². The molecule has 4 saturated carbocycles. The largest absolute Gasteiger partial charge is 0.335 e. The summed E-state index contributed by atoms with van der Waals surface area (Å²) in [5.74, 6) is 1.23. The van der Waals surface area contributed by atoms with Crippen molar-refractivity contribution in [1.82, 2.24) is 9.88 Å². The van der Waals surface area contributed by atoms with Gasteiger partial charge < -0.3 is 4.57 Å². The highest BCUT2D eigenvalue weighted by Gasteiger charge is 2.51. The van der Waals surface area contributed by atoms with Crippen molar-refractivity contribution in [3.63, 3.8) is 0 Å². The van der Waals surface area contributed by atoms with Gasteiger partial charge in [0.2, 0.25) is 0 Å². The maximum absolute atomic E-state index is 13.6. The number of imide groups is 2. The molecule has 204 valence electrons. The molecular formula is C33H32BrN3O3. The number of barbiturate groups is 1. The number of amides is 4. The second kappa shape index (κ2) is 9.30. The molecule has 1 aliphatic heterocycles. The third kappa shape index (κ3) is 4.09. The molecule has 4 amide bonds. The van der Waals surface area contributed by atoms with Gasteiger partial charge in [-0.15, -0.1) is 0 Å². The number of aromatic nitrogens is 1. The van der Waals surface area contributed by atoms with Gasteiger partial charge in [-0.1, -0.05) is 34.1 Å². The second-order valence-electron chi connectivity index (χ2n) is 12.3. The maximum Gasteiger partial charge on any atom is 0.335 e. The lowest BCUT2D eigenvalue weighted by atomic mass is 9.48. The van der Waals surface area contributed by atoms with E-state index in [1.165, 1.54) is 44.1 Å². The van der Waals surface area contributed by atoms with Gasteiger partial charge in [0.05, 0.1) is 5.69 Å². The number of hydrogen-bond acceptors (Lipinski definition) is 3. The molecule has 0 spiro atoms. The fourth-order valence-electron chi connectivity index (χ4n) is 8.42. The lowest BCUT2D eigenvalue weighted by molar-refractivity contribution is -0.122. The molecule has 40 heavy (non-hydrogen) atoms. The number of nitrogens with one attached hydrogen (secondary N) is 1. The fraction of sp³-hybridized carbons (Fsp3) is 0.364. The van der Waals surface area contributed by atoms with E-state index in [2.05, 4.69) is 37.9 Å². The number of anilines is 1. The average Bonchev–Trinajstić information content (AvgIpc) is 3.18. The van der Waals surface area contributed by atoms with Crippen LogP contribution in [0.3, 0.4) is 0 Å². The number of carbonyl (C=O) groups is 3. The number of nitrogens with zero attached hydrogens (tertiary/aromatic N) is 2. The van der Waals surface area contributed by atoms with Gasteiger partial charge >= 0.3 is 6.03 Å². The van der Waals surface area contributed by atoms with E-state index in [0.29, 0.717) is 5.69 Å². The molecule has 5 aliphatic rings. The number of halogens is 1. The van der Waals surface area contributed by atoms with E-state index in [0.717, 1.165) is 49.8 Å². The summed E-state index contributed by atoms with van der Waals surface area (Å²) in [4.78, 5) is 40.5. The van der Waals surface area contributed by atoms with Crippen molar-refractivity contribution in [3.05, 3.63) is 87.2 Å². The van der Waals surface area contributed by atoms with E-state index >= 15 is 0 Å².